The number of hydrogen-bond donors (Lipinski definition) is 2. The van der Waals surface area contributed by atoms with Crippen molar-refractivity contribution in [1.82, 2.24) is 0 Å². The summed E-state index contributed by atoms with van der Waals surface area (Å²) in [6.07, 6.45) is 2.03. The van der Waals surface area contributed by atoms with Gasteiger partial charge in [-0.1, -0.05) is 18.5 Å². The number of nitrogens with two attached hydrogens (primary N) is 1. The van der Waals surface area contributed by atoms with Crippen LogP contribution in [0, 0.1) is 10.1 Å². The summed E-state index contributed by atoms with van der Waals surface area (Å²) >= 11 is 0. The first-order valence-electron chi connectivity index (χ1n) is 6.57. The van der Waals surface area contributed by atoms with Gasteiger partial charge >= 0.3 is 0 Å². The highest BCUT2D eigenvalue weighted by molar-refractivity contribution is 6.00. The number of hydrogen-bond acceptors (Lipinski definition) is 6. The fourth-order valence-electron chi connectivity index (χ4n) is 1.57. The van der Waals surface area contributed by atoms with Gasteiger partial charge in [-0.25, -0.2) is 0 Å². The molecule has 0 saturated heterocycles. The van der Waals surface area contributed by atoms with Crippen molar-refractivity contribution in [1.29, 1.82) is 0 Å². The number of nitro groups is 1. The number of non-ortho nitro benzene ring substituents is 1. The molecule has 8 nitrogen and oxygen atoms in total. The van der Waals surface area contributed by atoms with Gasteiger partial charge in [0.15, 0.2) is 5.84 Å². The Morgan fingerprint density at radius 3 is 2.81 bits per heavy atom. The van der Waals surface area contributed by atoms with Crippen LogP contribution in [-0.4, -0.2) is 35.8 Å². The molecule has 0 aliphatic heterocycles. The second kappa shape index (κ2) is 8.75. The van der Waals surface area contributed by atoms with E-state index in [4.69, 9.17) is 20.4 Å². The lowest BCUT2D eigenvalue weighted by Crippen LogP contribution is -2.16. The zero-order chi connectivity index (χ0) is 15.7. The Morgan fingerprint density at radius 1 is 1.43 bits per heavy atom. The third kappa shape index (κ3) is 5.27. The Bertz CT molecular complexity index is 505. The number of rotatable bonds is 9. The van der Waals surface area contributed by atoms with Crippen molar-refractivity contribution < 1.29 is 19.6 Å². The minimum Gasteiger partial charge on any atom is -0.490 e. The van der Waals surface area contributed by atoms with Gasteiger partial charge in [-0.2, -0.15) is 0 Å². The first-order valence-corrected chi connectivity index (χ1v) is 6.57. The summed E-state index contributed by atoms with van der Waals surface area (Å²) in [5.41, 5.74) is 5.50. The van der Waals surface area contributed by atoms with Crippen LogP contribution in [0.25, 0.3) is 0 Å². The first-order chi connectivity index (χ1) is 10.1. The molecule has 0 aliphatic rings. The average molecular weight is 297 g/mol. The number of benzene rings is 1. The molecular formula is C13H19N3O5. The second-order valence-corrected chi connectivity index (χ2v) is 4.24. The molecule has 0 aromatic heterocycles. The summed E-state index contributed by atoms with van der Waals surface area (Å²) in [5, 5.41) is 22.3. The van der Waals surface area contributed by atoms with Gasteiger partial charge in [0.2, 0.25) is 0 Å². The zero-order valence-electron chi connectivity index (χ0n) is 11.8. The lowest BCUT2D eigenvalue weighted by molar-refractivity contribution is -0.384. The molecule has 0 atom stereocenters. The third-order valence-electron chi connectivity index (χ3n) is 2.69. The summed E-state index contributed by atoms with van der Waals surface area (Å²) in [4.78, 5) is 10.2. The SMILES string of the molecule is CCCCOCCOc1ccc([N+](=O)[O-])cc1C(N)=NO. The second-order valence-electron chi connectivity index (χ2n) is 4.24. The predicted molar refractivity (Wildman–Crippen MR) is 76.8 cm³/mol. The van der Waals surface area contributed by atoms with E-state index in [1.807, 2.05) is 0 Å². The number of oxime groups is 1. The van der Waals surface area contributed by atoms with Crippen LogP contribution in [0.2, 0.25) is 0 Å². The maximum Gasteiger partial charge on any atom is 0.270 e. The molecule has 0 saturated carbocycles. The smallest absolute Gasteiger partial charge is 0.270 e. The molecule has 0 radical (unpaired) electrons. The van der Waals surface area contributed by atoms with Crippen molar-refractivity contribution in [3.05, 3.63) is 33.9 Å². The van der Waals surface area contributed by atoms with E-state index in [0.717, 1.165) is 12.8 Å². The van der Waals surface area contributed by atoms with E-state index >= 15 is 0 Å². The lowest BCUT2D eigenvalue weighted by Gasteiger charge is -2.10. The molecule has 1 aromatic rings. The number of nitrogens with zero attached hydrogens (tertiary/aromatic N) is 2. The monoisotopic (exact) mass is 297 g/mol. The molecule has 0 spiro atoms. The van der Waals surface area contributed by atoms with E-state index in [1.54, 1.807) is 0 Å². The van der Waals surface area contributed by atoms with Crippen LogP contribution in [0.15, 0.2) is 23.4 Å². The number of amidine groups is 1. The maximum absolute atomic E-state index is 10.7. The predicted octanol–water partition coefficient (Wildman–Crippen LogP) is 1.88. The molecule has 0 amide bonds. The normalized spacial score (nSPS) is 11.4. The summed E-state index contributed by atoms with van der Waals surface area (Å²) in [7, 11) is 0. The van der Waals surface area contributed by atoms with Gasteiger partial charge in [0.05, 0.1) is 17.1 Å². The van der Waals surface area contributed by atoms with Crippen molar-refractivity contribution in [2.75, 3.05) is 19.8 Å². The molecule has 0 heterocycles. The average Bonchev–Trinajstić information content (AvgIpc) is 2.49. The van der Waals surface area contributed by atoms with Gasteiger partial charge in [0, 0.05) is 18.7 Å². The van der Waals surface area contributed by atoms with Crippen LogP contribution >= 0.6 is 0 Å². The van der Waals surface area contributed by atoms with Crippen LogP contribution in [0.1, 0.15) is 25.3 Å². The van der Waals surface area contributed by atoms with Gasteiger partial charge in [-0.05, 0) is 12.5 Å². The number of nitro benzene ring substituents is 1. The summed E-state index contributed by atoms with van der Waals surface area (Å²) < 4.78 is 10.8. The standard InChI is InChI=1S/C13H19N3O5/c1-2-3-6-20-7-8-21-12-5-4-10(16(18)19)9-11(12)13(14)15-17/h4-5,9,17H,2-3,6-8H2,1H3,(H2,14,15). The van der Waals surface area contributed by atoms with E-state index < -0.39 is 4.92 Å². The van der Waals surface area contributed by atoms with Gasteiger partial charge in [0.25, 0.3) is 5.69 Å². The molecule has 1 aromatic carbocycles. The Kier molecular flexibility index (Phi) is 6.96. The quantitative estimate of drug-likeness (QED) is 0.179. The molecule has 21 heavy (non-hydrogen) atoms. The molecule has 0 bridgehead atoms. The first kappa shape index (κ1) is 16.7. The van der Waals surface area contributed by atoms with Crippen molar-refractivity contribution in [3.63, 3.8) is 0 Å². The van der Waals surface area contributed by atoms with Crippen LogP contribution < -0.4 is 10.5 Å². The molecule has 0 unspecified atom stereocenters. The molecule has 0 fully saturated rings. The number of ether oxygens (including phenoxy) is 2. The minimum absolute atomic E-state index is 0.164. The molecule has 1 rings (SSSR count). The maximum atomic E-state index is 10.7. The number of unbranched alkanes of at least 4 members (excludes halogenated alkanes) is 1. The van der Waals surface area contributed by atoms with E-state index in [-0.39, 0.29) is 23.7 Å². The summed E-state index contributed by atoms with van der Waals surface area (Å²) in [5.74, 6) is 0.0515. The Balaban J connectivity index is 2.70. The molecule has 116 valence electrons. The highest BCUT2D eigenvalue weighted by Crippen LogP contribution is 2.24. The Morgan fingerprint density at radius 2 is 2.19 bits per heavy atom. The fraction of sp³-hybridized carbons (Fsp3) is 0.462. The van der Waals surface area contributed by atoms with Crippen LogP contribution in [0.3, 0.4) is 0 Å². The van der Waals surface area contributed by atoms with E-state index in [0.29, 0.717) is 19.0 Å². The fourth-order valence-corrected chi connectivity index (χ4v) is 1.57. The summed E-state index contributed by atoms with van der Waals surface area (Å²) in [6, 6.07) is 3.90. The van der Waals surface area contributed by atoms with E-state index in [1.165, 1.54) is 18.2 Å². The van der Waals surface area contributed by atoms with Gasteiger partial charge in [-0.3, -0.25) is 10.1 Å². The van der Waals surface area contributed by atoms with Crippen molar-refractivity contribution >= 4 is 11.5 Å². The largest absolute Gasteiger partial charge is 0.490 e. The lowest BCUT2D eigenvalue weighted by atomic mass is 10.1. The van der Waals surface area contributed by atoms with Gasteiger partial charge in [0.1, 0.15) is 12.4 Å². The summed E-state index contributed by atoms with van der Waals surface area (Å²) in [6.45, 7) is 3.40. The van der Waals surface area contributed by atoms with E-state index in [2.05, 4.69) is 12.1 Å². The molecule has 8 heteroatoms. The zero-order valence-corrected chi connectivity index (χ0v) is 11.8. The third-order valence-corrected chi connectivity index (χ3v) is 2.69. The van der Waals surface area contributed by atoms with Crippen molar-refractivity contribution in [2.24, 2.45) is 10.9 Å². The molecular weight excluding hydrogens is 278 g/mol. The Hall–Kier alpha value is -2.35. The van der Waals surface area contributed by atoms with Crippen molar-refractivity contribution in [3.8, 4) is 5.75 Å². The molecule has 3 N–H and O–H groups in total. The van der Waals surface area contributed by atoms with Gasteiger partial charge < -0.3 is 20.4 Å². The highest BCUT2D eigenvalue weighted by atomic mass is 16.6. The van der Waals surface area contributed by atoms with Crippen molar-refractivity contribution in [2.45, 2.75) is 19.8 Å². The van der Waals surface area contributed by atoms with Crippen LogP contribution in [-0.2, 0) is 4.74 Å². The molecule has 0 aliphatic carbocycles. The highest BCUT2D eigenvalue weighted by Gasteiger charge is 2.15. The van der Waals surface area contributed by atoms with E-state index in [9.17, 15) is 10.1 Å². The van der Waals surface area contributed by atoms with Crippen LogP contribution in [0.5, 0.6) is 5.75 Å². The van der Waals surface area contributed by atoms with Gasteiger partial charge in [-0.15, -0.1) is 0 Å². The topological polar surface area (TPSA) is 120 Å². The van der Waals surface area contributed by atoms with Crippen LogP contribution in [0.4, 0.5) is 5.69 Å². The Labute approximate surface area is 122 Å². The minimum atomic E-state index is -0.564.